The number of hydrogen-bond acceptors (Lipinski definition) is 4. The molecule has 3 rings (SSSR count). The average molecular weight is 274 g/mol. The second kappa shape index (κ2) is 4.80. The molecular weight excluding hydrogens is 260 g/mol. The molecule has 0 saturated heterocycles. The number of benzene rings is 1. The van der Waals surface area contributed by atoms with Crippen LogP contribution < -0.4 is 5.73 Å². The third kappa shape index (κ3) is 2.19. The maximum absolute atomic E-state index is 6.32. The zero-order chi connectivity index (χ0) is 12.5. The van der Waals surface area contributed by atoms with Gasteiger partial charge in [0.15, 0.2) is 0 Å². The van der Waals surface area contributed by atoms with Crippen LogP contribution in [0.2, 0.25) is 0 Å². The van der Waals surface area contributed by atoms with Gasteiger partial charge in [-0.15, -0.1) is 22.7 Å². The van der Waals surface area contributed by atoms with E-state index in [1.165, 1.54) is 15.6 Å². The summed E-state index contributed by atoms with van der Waals surface area (Å²) in [7, 11) is 0. The van der Waals surface area contributed by atoms with E-state index in [-0.39, 0.29) is 6.04 Å². The van der Waals surface area contributed by atoms with Crippen LogP contribution in [-0.4, -0.2) is 4.98 Å². The summed E-state index contributed by atoms with van der Waals surface area (Å²) in [6.07, 6.45) is 0.811. The lowest BCUT2D eigenvalue weighted by Crippen LogP contribution is -2.13. The van der Waals surface area contributed by atoms with Gasteiger partial charge in [0.2, 0.25) is 0 Å². The molecule has 4 heteroatoms. The number of thiophene rings is 1. The average Bonchev–Trinajstić information content (AvgIpc) is 2.95. The van der Waals surface area contributed by atoms with E-state index in [9.17, 15) is 0 Å². The van der Waals surface area contributed by atoms with Crippen LogP contribution in [-0.2, 0) is 6.42 Å². The first-order valence-corrected chi connectivity index (χ1v) is 7.62. The highest BCUT2D eigenvalue weighted by Gasteiger charge is 2.13. The summed E-state index contributed by atoms with van der Waals surface area (Å²) in [4.78, 5) is 4.48. The monoisotopic (exact) mass is 274 g/mol. The van der Waals surface area contributed by atoms with Gasteiger partial charge in [-0.2, -0.15) is 0 Å². The van der Waals surface area contributed by atoms with Gasteiger partial charge in [-0.25, -0.2) is 4.98 Å². The highest BCUT2D eigenvalue weighted by atomic mass is 32.1. The van der Waals surface area contributed by atoms with Gasteiger partial charge in [0.1, 0.15) is 0 Å². The molecule has 2 nitrogen and oxygen atoms in total. The molecule has 0 radical (unpaired) electrons. The van der Waals surface area contributed by atoms with Crippen molar-refractivity contribution in [3.8, 4) is 0 Å². The van der Waals surface area contributed by atoms with E-state index in [1.807, 2.05) is 6.92 Å². The Hall–Kier alpha value is -1.23. The van der Waals surface area contributed by atoms with E-state index < -0.39 is 0 Å². The highest BCUT2D eigenvalue weighted by Crippen LogP contribution is 2.30. The molecule has 2 N–H and O–H groups in total. The molecule has 2 aromatic heterocycles. The molecule has 92 valence electrons. The van der Waals surface area contributed by atoms with E-state index in [4.69, 9.17) is 5.73 Å². The molecule has 0 aliphatic carbocycles. The maximum atomic E-state index is 6.32. The minimum Gasteiger partial charge on any atom is -0.324 e. The summed E-state index contributed by atoms with van der Waals surface area (Å²) < 4.78 is 1.30. The number of thiazole rings is 1. The van der Waals surface area contributed by atoms with Crippen molar-refractivity contribution in [2.45, 2.75) is 19.4 Å². The first-order valence-electron chi connectivity index (χ1n) is 5.87. The van der Waals surface area contributed by atoms with Gasteiger partial charge in [-0.3, -0.25) is 0 Å². The fourth-order valence-electron chi connectivity index (χ4n) is 2.12. The molecule has 1 unspecified atom stereocenters. The van der Waals surface area contributed by atoms with Crippen LogP contribution in [0.15, 0.2) is 35.0 Å². The SMILES string of the molecule is Cc1nc(CC(N)c2csc3ccccc23)cs1. The summed E-state index contributed by atoms with van der Waals surface area (Å²) in [5.41, 5.74) is 8.65. The fraction of sp³-hybridized carbons (Fsp3) is 0.214. The summed E-state index contributed by atoms with van der Waals surface area (Å²) in [5, 5.41) is 6.66. The Morgan fingerprint density at radius 3 is 2.83 bits per heavy atom. The van der Waals surface area contributed by atoms with Gasteiger partial charge in [0.25, 0.3) is 0 Å². The lowest BCUT2D eigenvalue weighted by molar-refractivity contribution is 0.717. The van der Waals surface area contributed by atoms with Gasteiger partial charge in [-0.1, -0.05) is 18.2 Å². The number of nitrogens with zero attached hydrogens (tertiary/aromatic N) is 1. The lowest BCUT2D eigenvalue weighted by atomic mass is 10.0. The molecule has 0 spiro atoms. The zero-order valence-corrected chi connectivity index (χ0v) is 11.7. The second-order valence-electron chi connectivity index (χ2n) is 4.36. The highest BCUT2D eigenvalue weighted by molar-refractivity contribution is 7.17. The first-order chi connectivity index (χ1) is 8.74. The minimum atomic E-state index is 0.0302. The largest absolute Gasteiger partial charge is 0.324 e. The molecule has 3 aromatic rings. The Morgan fingerprint density at radius 1 is 1.22 bits per heavy atom. The van der Waals surface area contributed by atoms with Crippen molar-refractivity contribution in [2.24, 2.45) is 5.73 Å². The standard InChI is InChI=1S/C14H14N2S2/c1-9-16-10(7-17-9)6-13(15)12-8-18-14-5-3-2-4-11(12)14/h2-5,7-8,13H,6,15H2,1H3. The molecule has 1 atom stereocenters. The van der Waals surface area contributed by atoms with E-state index in [1.54, 1.807) is 22.7 Å². The maximum Gasteiger partial charge on any atom is 0.0897 e. The molecular formula is C14H14N2S2. The number of fused-ring (bicyclic) bond motifs is 1. The van der Waals surface area contributed by atoms with E-state index in [0.717, 1.165) is 17.1 Å². The number of hydrogen-bond donors (Lipinski definition) is 1. The smallest absolute Gasteiger partial charge is 0.0897 e. The Labute approximate surface area is 114 Å². The Kier molecular flexibility index (Phi) is 3.16. The number of rotatable bonds is 3. The quantitative estimate of drug-likeness (QED) is 0.786. The minimum absolute atomic E-state index is 0.0302. The van der Waals surface area contributed by atoms with Crippen molar-refractivity contribution in [1.82, 2.24) is 4.98 Å². The summed E-state index contributed by atoms with van der Waals surface area (Å²) >= 11 is 3.44. The summed E-state index contributed by atoms with van der Waals surface area (Å²) in [5.74, 6) is 0. The van der Waals surface area contributed by atoms with Gasteiger partial charge in [-0.05, 0) is 29.3 Å². The summed E-state index contributed by atoms with van der Waals surface area (Å²) in [6, 6.07) is 8.45. The predicted molar refractivity (Wildman–Crippen MR) is 79.3 cm³/mol. The Bertz CT molecular complexity index is 669. The topological polar surface area (TPSA) is 38.9 Å². The molecule has 0 aliphatic rings. The van der Waals surface area contributed by atoms with E-state index in [2.05, 4.69) is 40.0 Å². The van der Waals surface area contributed by atoms with E-state index >= 15 is 0 Å². The number of aryl methyl sites for hydroxylation is 1. The van der Waals surface area contributed by atoms with Crippen molar-refractivity contribution >= 4 is 32.8 Å². The number of aromatic nitrogens is 1. The van der Waals surface area contributed by atoms with Crippen LogP contribution >= 0.6 is 22.7 Å². The van der Waals surface area contributed by atoms with Crippen LogP contribution in [0.3, 0.4) is 0 Å². The molecule has 2 heterocycles. The Balaban J connectivity index is 1.90. The third-order valence-corrected chi connectivity index (χ3v) is 4.81. The van der Waals surface area contributed by atoms with Crippen molar-refractivity contribution in [2.75, 3.05) is 0 Å². The van der Waals surface area contributed by atoms with Gasteiger partial charge in [0, 0.05) is 22.5 Å². The number of nitrogens with two attached hydrogens (primary N) is 1. The van der Waals surface area contributed by atoms with Crippen LogP contribution in [0.25, 0.3) is 10.1 Å². The predicted octanol–water partition coefficient (Wildman–Crippen LogP) is 3.91. The van der Waals surface area contributed by atoms with Gasteiger partial charge in [0.05, 0.1) is 10.7 Å². The molecule has 0 amide bonds. The molecule has 0 bridgehead atoms. The van der Waals surface area contributed by atoms with Crippen LogP contribution in [0.4, 0.5) is 0 Å². The molecule has 0 saturated carbocycles. The van der Waals surface area contributed by atoms with Gasteiger partial charge < -0.3 is 5.73 Å². The first kappa shape index (κ1) is 11.8. The fourth-order valence-corrected chi connectivity index (χ4v) is 3.77. The molecule has 0 aliphatic heterocycles. The van der Waals surface area contributed by atoms with Gasteiger partial charge >= 0.3 is 0 Å². The lowest BCUT2D eigenvalue weighted by Gasteiger charge is -2.09. The Morgan fingerprint density at radius 2 is 2.06 bits per heavy atom. The van der Waals surface area contributed by atoms with Crippen molar-refractivity contribution in [1.29, 1.82) is 0 Å². The van der Waals surface area contributed by atoms with Crippen LogP contribution in [0.1, 0.15) is 22.3 Å². The summed E-state index contributed by atoms with van der Waals surface area (Å²) in [6.45, 7) is 2.03. The zero-order valence-electron chi connectivity index (χ0n) is 10.1. The molecule has 0 fully saturated rings. The molecule has 18 heavy (non-hydrogen) atoms. The van der Waals surface area contributed by atoms with E-state index in [0.29, 0.717) is 0 Å². The molecule has 1 aromatic carbocycles. The van der Waals surface area contributed by atoms with Crippen molar-refractivity contribution in [3.63, 3.8) is 0 Å². The third-order valence-electron chi connectivity index (χ3n) is 3.01. The normalized spacial score (nSPS) is 13.0. The van der Waals surface area contributed by atoms with Crippen molar-refractivity contribution < 1.29 is 0 Å². The van der Waals surface area contributed by atoms with Crippen LogP contribution in [0, 0.1) is 6.92 Å². The van der Waals surface area contributed by atoms with Crippen LogP contribution in [0.5, 0.6) is 0 Å². The van der Waals surface area contributed by atoms with Crippen molar-refractivity contribution in [3.05, 3.63) is 51.3 Å². The second-order valence-corrected chi connectivity index (χ2v) is 6.33.